The first-order chi connectivity index (χ1) is 10.1. The van der Waals surface area contributed by atoms with Gasteiger partial charge in [-0.15, -0.1) is 0 Å². The zero-order chi connectivity index (χ0) is 14.8. The maximum Gasteiger partial charge on any atom is 0.272 e. The van der Waals surface area contributed by atoms with Crippen LogP contribution in [-0.4, -0.2) is 41.6 Å². The first-order valence-corrected chi connectivity index (χ1v) is 7.49. The molecule has 0 N–H and O–H groups in total. The van der Waals surface area contributed by atoms with E-state index in [0.29, 0.717) is 30.4 Å². The quantitative estimate of drug-likeness (QED) is 0.813. The number of fused-ring (bicyclic) bond motifs is 1. The number of para-hydroxylation sites is 1. The number of hydrogen-bond acceptors (Lipinski definition) is 3. The molecule has 2 aromatic rings. The van der Waals surface area contributed by atoms with Gasteiger partial charge in [0.25, 0.3) is 5.91 Å². The summed E-state index contributed by atoms with van der Waals surface area (Å²) >= 11 is 6.27. The minimum atomic E-state index is -0.0833. The molecular weight excluding hydrogens is 288 g/mol. The molecule has 1 unspecified atom stereocenters. The van der Waals surface area contributed by atoms with Crippen molar-refractivity contribution in [3.05, 3.63) is 41.0 Å². The van der Waals surface area contributed by atoms with E-state index in [4.69, 9.17) is 16.3 Å². The number of aromatic nitrogens is 1. The van der Waals surface area contributed by atoms with E-state index in [0.717, 1.165) is 17.3 Å². The molecule has 1 aromatic heterocycles. The van der Waals surface area contributed by atoms with Crippen LogP contribution < -0.4 is 0 Å². The normalized spacial score (nSPS) is 19.5. The summed E-state index contributed by atoms with van der Waals surface area (Å²) in [4.78, 5) is 18.9. The molecule has 0 saturated carbocycles. The second-order valence-electron chi connectivity index (χ2n) is 5.29. The molecule has 0 bridgehead atoms. The number of hydrogen-bond donors (Lipinski definition) is 0. The van der Waals surface area contributed by atoms with Gasteiger partial charge in [0.1, 0.15) is 5.69 Å². The van der Waals surface area contributed by atoms with Crippen LogP contribution in [0.4, 0.5) is 0 Å². The number of benzene rings is 1. The number of carbonyl (C=O) groups excluding carboxylic acids is 1. The summed E-state index contributed by atoms with van der Waals surface area (Å²) in [5.74, 6) is -0.0833. The van der Waals surface area contributed by atoms with Crippen molar-refractivity contribution >= 4 is 28.4 Å². The van der Waals surface area contributed by atoms with E-state index < -0.39 is 0 Å². The molecule has 1 amide bonds. The van der Waals surface area contributed by atoms with Crippen LogP contribution in [0.25, 0.3) is 10.9 Å². The van der Waals surface area contributed by atoms with E-state index in [-0.39, 0.29) is 12.0 Å². The first-order valence-electron chi connectivity index (χ1n) is 7.11. The molecule has 0 aliphatic carbocycles. The van der Waals surface area contributed by atoms with Crippen molar-refractivity contribution in [2.75, 3.05) is 19.7 Å². The molecule has 1 fully saturated rings. The van der Waals surface area contributed by atoms with E-state index >= 15 is 0 Å². The molecule has 1 aromatic carbocycles. The molecule has 1 saturated heterocycles. The van der Waals surface area contributed by atoms with Gasteiger partial charge >= 0.3 is 0 Å². The third kappa shape index (κ3) is 3.01. The van der Waals surface area contributed by atoms with Crippen LogP contribution in [-0.2, 0) is 4.74 Å². The van der Waals surface area contributed by atoms with Crippen molar-refractivity contribution in [1.82, 2.24) is 9.88 Å². The Morgan fingerprint density at radius 2 is 2.24 bits per heavy atom. The highest BCUT2D eigenvalue weighted by molar-refractivity contribution is 6.35. The first kappa shape index (κ1) is 14.3. The van der Waals surface area contributed by atoms with Gasteiger partial charge in [0.2, 0.25) is 0 Å². The minimum absolute atomic E-state index is 0.0485. The molecule has 4 nitrogen and oxygen atoms in total. The Morgan fingerprint density at radius 3 is 3.10 bits per heavy atom. The van der Waals surface area contributed by atoms with E-state index in [2.05, 4.69) is 4.98 Å². The van der Waals surface area contributed by atoms with Crippen LogP contribution in [0.1, 0.15) is 23.8 Å². The van der Waals surface area contributed by atoms with Gasteiger partial charge < -0.3 is 9.64 Å². The fourth-order valence-electron chi connectivity index (χ4n) is 2.58. The molecule has 0 radical (unpaired) electrons. The molecule has 0 spiro atoms. The number of carbonyl (C=O) groups is 1. The Kier molecular flexibility index (Phi) is 4.08. The minimum Gasteiger partial charge on any atom is -0.377 e. The Balaban J connectivity index is 1.93. The van der Waals surface area contributed by atoms with E-state index in [1.807, 2.05) is 31.2 Å². The zero-order valence-corrected chi connectivity index (χ0v) is 12.6. The Morgan fingerprint density at radius 1 is 1.43 bits per heavy atom. The third-order valence-electron chi connectivity index (χ3n) is 3.62. The maximum absolute atomic E-state index is 12.6. The highest BCUT2D eigenvalue weighted by Crippen LogP contribution is 2.23. The maximum atomic E-state index is 12.6. The summed E-state index contributed by atoms with van der Waals surface area (Å²) in [5.41, 5.74) is 1.14. The van der Waals surface area contributed by atoms with Gasteiger partial charge in [0.15, 0.2) is 0 Å². The molecule has 110 valence electrons. The van der Waals surface area contributed by atoms with Gasteiger partial charge in [0, 0.05) is 25.1 Å². The predicted molar refractivity (Wildman–Crippen MR) is 82.7 cm³/mol. The predicted octanol–water partition coefficient (Wildman–Crippen LogP) is 3.14. The monoisotopic (exact) mass is 304 g/mol. The average molecular weight is 305 g/mol. The van der Waals surface area contributed by atoms with E-state index in [1.165, 1.54) is 0 Å². The van der Waals surface area contributed by atoms with Crippen molar-refractivity contribution < 1.29 is 9.53 Å². The Bertz CT molecular complexity index is 674. The summed E-state index contributed by atoms with van der Waals surface area (Å²) in [6.07, 6.45) is 0.893. The van der Waals surface area contributed by atoms with E-state index in [9.17, 15) is 4.79 Å². The fraction of sp³-hybridized carbons (Fsp3) is 0.375. The van der Waals surface area contributed by atoms with Crippen LogP contribution in [0, 0.1) is 0 Å². The highest BCUT2D eigenvalue weighted by atomic mass is 35.5. The summed E-state index contributed by atoms with van der Waals surface area (Å²) in [5, 5.41) is 1.42. The second-order valence-corrected chi connectivity index (χ2v) is 5.70. The zero-order valence-electron chi connectivity index (χ0n) is 11.9. The van der Waals surface area contributed by atoms with Gasteiger partial charge in [-0.25, -0.2) is 4.98 Å². The molecule has 2 heterocycles. The molecule has 21 heavy (non-hydrogen) atoms. The smallest absolute Gasteiger partial charge is 0.272 e. The van der Waals surface area contributed by atoms with Crippen molar-refractivity contribution in [3.63, 3.8) is 0 Å². The summed E-state index contributed by atoms with van der Waals surface area (Å²) < 4.78 is 5.57. The van der Waals surface area contributed by atoms with Crippen LogP contribution in [0.2, 0.25) is 5.02 Å². The topological polar surface area (TPSA) is 42.4 Å². The lowest BCUT2D eigenvalue weighted by Crippen LogP contribution is -2.36. The number of amides is 1. The third-order valence-corrected chi connectivity index (χ3v) is 3.94. The number of halogens is 1. The molecule has 1 aliphatic rings. The summed E-state index contributed by atoms with van der Waals surface area (Å²) in [6, 6.07) is 9.22. The van der Waals surface area contributed by atoms with Gasteiger partial charge in [-0.2, -0.15) is 0 Å². The lowest BCUT2D eigenvalue weighted by atomic mass is 10.2. The number of pyridine rings is 1. The molecule has 5 heteroatoms. The van der Waals surface area contributed by atoms with Crippen LogP contribution >= 0.6 is 11.6 Å². The van der Waals surface area contributed by atoms with Crippen LogP contribution in [0.15, 0.2) is 30.3 Å². The lowest BCUT2D eigenvalue weighted by Gasteiger charge is -2.22. The molecular formula is C16H17ClN2O2. The number of ether oxygens (including phenoxy) is 1. The number of nitrogens with zero attached hydrogens (tertiary/aromatic N) is 2. The van der Waals surface area contributed by atoms with Crippen LogP contribution in [0.5, 0.6) is 0 Å². The van der Waals surface area contributed by atoms with Gasteiger partial charge in [-0.3, -0.25) is 4.79 Å². The van der Waals surface area contributed by atoms with Crippen molar-refractivity contribution in [3.8, 4) is 0 Å². The summed E-state index contributed by atoms with van der Waals surface area (Å²) in [6.45, 7) is 3.95. The van der Waals surface area contributed by atoms with Crippen LogP contribution in [0.3, 0.4) is 0 Å². The number of rotatable bonds is 1. The Hall–Kier alpha value is -1.65. The van der Waals surface area contributed by atoms with Gasteiger partial charge in [0.05, 0.1) is 16.6 Å². The molecule has 1 atom stereocenters. The average Bonchev–Trinajstić information content (AvgIpc) is 2.71. The van der Waals surface area contributed by atoms with Gasteiger partial charge in [-0.05, 0) is 25.5 Å². The second kappa shape index (κ2) is 6.00. The van der Waals surface area contributed by atoms with Crippen molar-refractivity contribution in [1.29, 1.82) is 0 Å². The standard InChI is InChI=1S/C16H17ClN2O2/c1-11-10-19(7-4-8-21-11)16(20)15-9-13(17)12-5-2-3-6-14(12)18-15/h2-3,5-6,9,11H,4,7-8,10H2,1H3. The highest BCUT2D eigenvalue weighted by Gasteiger charge is 2.22. The summed E-state index contributed by atoms with van der Waals surface area (Å²) in [7, 11) is 0. The van der Waals surface area contributed by atoms with Gasteiger partial charge in [-0.1, -0.05) is 29.8 Å². The Labute approximate surface area is 128 Å². The van der Waals surface area contributed by atoms with Crippen molar-refractivity contribution in [2.45, 2.75) is 19.4 Å². The fourth-order valence-corrected chi connectivity index (χ4v) is 2.85. The SMILES string of the molecule is CC1CN(C(=O)c2cc(Cl)c3ccccc3n2)CCCO1. The molecule has 1 aliphatic heterocycles. The van der Waals surface area contributed by atoms with Crippen molar-refractivity contribution in [2.24, 2.45) is 0 Å². The lowest BCUT2D eigenvalue weighted by molar-refractivity contribution is 0.0559. The largest absolute Gasteiger partial charge is 0.377 e. The van der Waals surface area contributed by atoms with E-state index in [1.54, 1.807) is 11.0 Å². The molecule has 3 rings (SSSR count).